The number of benzene rings is 1. The Balaban J connectivity index is 1.62. The van der Waals surface area contributed by atoms with Gasteiger partial charge in [-0.3, -0.25) is 4.79 Å². The molecule has 0 spiro atoms. The lowest BCUT2D eigenvalue weighted by molar-refractivity contribution is -0.134. The van der Waals surface area contributed by atoms with Gasteiger partial charge in [-0.05, 0) is 38.2 Å². The zero-order valence-electron chi connectivity index (χ0n) is 14.4. The highest BCUT2D eigenvalue weighted by atomic mass is 19.1. The number of piperidine rings is 1. The molecule has 1 aromatic rings. The quantitative estimate of drug-likeness (QED) is 0.890. The van der Waals surface area contributed by atoms with E-state index in [4.69, 9.17) is 0 Å². The summed E-state index contributed by atoms with van der Waals surface area (Å²) in [6.07, 6.45) is 3.93. The molecule has 1 saturated heterocycles. The molecule has 5 heteroatoms. The first kappa shape index (κ1) is 17.3. The molecule has 3 rings (SSSR count). The molecular weight excluding hydrogens is 310 g/mol. The van der Waals surface area contributed by atoms with E-state index in [2.05, 4.69) is 12.2 Å². The van der Waals surface area contributed by atoms with Crippen LogP contribution in [0.4, 0.5) is 8.78 Å². The van der Waals surface area contributed by atoms with Crippen LogP contribution in [-0.4, -0.2) is 29.9 Å². The van der Waals surface area contributed by atoms with Crippen LogP contribution in [-0.2, 0) is 4.79 Å². The van der Waals surface area contributed by atoms with Gasteiger partial charge in [-0.2, -0.15) is 0 Å². The maximum atomic E-state index is 14.0. The van der Waals surface area contributed by atoms with Crippen LogP contribution in [0.25, 0.3) is 0 Å². The van der Waals surface area contributed by atoms with Gasteiger partial charge >= 0.3 is 0 Å². The van der Waals surface area contributed by atoms with Crippen molar-refractivity contribution in [2.45, 2.75) is 51.6 Å². The zero-order chi connectivity index (χ0) is 17.3. The molecule has 3 atom stereocenters. The van der Waals surface area contributed by atoms with E-state index < -0.39 is 11.6 Å². The van der Waals surface area contributed by atoms with Gasteiger partial charge in [0.25, 0.3) is 0 Å². The van der Waals surface area contributed by atoms with Gasteiger partial charge in [0.2, 0.25) is 5.91 Å². The number of hydrogen-bond donors (Lipinski definition) is 1. The lowest BCUT2D eigenvalue weighted by atomic mass is 9.88. The molecule has 1 aromatic carbocycles. The molecule has 1 amide bonds. The van der Waals surface area contributed by atoms with Gasteiger partial charge in [-0.1, -0.05) is 19.4 Å². The standard InChI is InChI=1S/C19H26F2N2O/c1-3-13-11-23(19(24)14-4-5-14)9-8-18(13)22-12(2)16-7-6-15(20)10-17(16)21/h6-7,10,12-14,18,22H,3-5,8-9,11H2,1-2H3/t12-,13+,18-/m0/s1. The highest BCUT2D eigenvalue weighted by Crippen LogP contribution is 2.33. The molecular formula is C19H26F2N2O. The second kappa shape index (κ2) is 7.18. The smallest absolute Gasteiger partial charge is 0.225 e. The average molecular weight is 336 g/mol. The van der Waals surface area contributed by atoms with Crippen molar-refractivity contribution < 1.29 is 13.6 Å². The molecule has 2 fully saturated rings. The molecule has 24 heavy (non-hydrogen) atoms. The van der Waals surface area contributed by atoms with E-state index in [1.807, 2.05) is 11.8 Å². The Kier molecular flexibility index (Phi) is 5.18. The monoisotopic (exact) mass is 336 g/mol. The third kappa shape index (κ3) is 3.77. The van der Waals surface area contributed by atoms with Gasteiger partial charge in [0, 0.05) is 42.7 Å². The summed E-state index contributed by atoms with van der Waals surface area (Å²) in [5, 5.41) is 3.50. The van der Waals surface area contributed by atoms with Crippen LogP contribution in [0.5, 0.6) is 0 Å². The van der Waals surface area contributed by atoms with E-state index in [1.54, 1.807) is 0 Å². The summed E-state index contributed by atoms with van der Waals surface area (Å²) in [6.45, 7) is 5.59. The normalized spacial score (nSPS) is 25.6. The fourth-order valence-corrected chi connectivity index (χ4v) is 3.72. The van der Waals surface area contributed by atoms with Crippen molar-refractivity contribution in [3.8, 4) is 0 Å². The predicted molar refractivity (Wildman–Crippen MR) is 89.4 cm³/mol. The maximum Gasteiger partial charge on any atom is 0.225 e. The number of halogens is 2. The maximum absolute atomic E-state index is 14.0. The van der Waals surface area contributed by atoms with E-state index in [1.165, 1.54) is 12.1 Å². The average Bonchev–Trinajstić information content (AvgIpc) is 3.39. The Labute approximate surface area is 142 Å². The highest BCUT2D eigenvalue weighted by Gasteiger charge is 2.37. The first-order valence-corrected chi connectivity index (χ1v) is 8.99. The zero-order valence-corrected chi connectivity index (χ0v) is 14.4. The van der Waals surface area contributed by atoms with Gasteiger partial charge in [-0.25, -0.2) is 8.78 Å². The van der Waals surface area contributed by atoms with Crippen molar-refractivity contribution in [3.63, 3.8) is 0 Å². The first-order chi connectivity index (χ1) is 11.5. The molecule has 132 valence electrons. The minimum Gasteiger partial charge on any atom is -0.342 e. The summed E-state index contributed by atoms with van der Waals surface area (Å²) in [5.74, 6) is -0.123. The lowest BCUT2D eigenvalue weighted by Gasteiger charge is -2.40. The topological polar surface area (TPSA) is 32.3 Å². The van der Waals surface area contributed by atoms with Crippen LogP contribution < -0.4 is 5.32 Å². The summed E-state index contributed by atoms with van der Waals surface area (Å²) in [7, 11) is 0. The molecule has 2 aliphatic rings. The number of carbonyl (C=O) groups excluding carboxylic acids is 1. The second-order valence-electron chi connectivity index (χ2n) is 7.18. The fraction of sp³-hybridized carbons (Fsp3) is 0.632. The number of rotatable bonds is 5. The number of amides is 1. The Morgan fingerprint density at radius 3 is 2.71 bits per heavy atom. The Morgan fingerprint density at radius 1 is 1.33 bits per heavy atom. The largest absolute Gasteiger partial charge is 0.342 e. The van der Waals surface area contributed by atoms with Crippen LogP contribution in [0.3, 0.4) is 0 Å². The number of nitrogens with zero attached hydrogens (tertiary/aromatic N) is 1. The minimum atomic E-state index is -0.554. The van der Waals surface area contributed by atoms with Crippen LogP contribution in [0, 0.1) is 23.5 Å². The van der Waals surface area contributed by atoms with Crippen LogP contribution in [0.1, 0.15) is 51.1 Å². The van der Waals surface area contributed by atoms with Gasteiger partial charge in [0.05, 0.1) is 0 Å². The van der Waals surface area contributed by atoms with E-state index >= 15 is 0 Å². The molecule has 0 aromatic heterocycles. The van der Waals surface area contributed by atoms with Crippen LogP contribution in [0.15, 0.2) is 18.2 Å². The SMILES string of the molecule is CC[C@@H]1CN(C(=O)C2CC2)CC[C@@H]1N[C@@H](C)c1ccc(F)cc1F. The summed E-state index contributed by atoms with van der Waals surface area (Å²) in [4.78, 5) is 14.3. The summed E-state index contributed by atoms with van der Waals surface area (Å²) >= 11 is 0. The lowest BCUT2D eigenvalue weighted by Crippen LogP contribution is -2.51. The van der Waals surface area contributed by atoms with Crippen LogP contribution >= 0.6 is 0 Å². The highest BCUT2D eigenvalue weighted by molar-refractivity contribution is 5.81. The third-order valence-corrected chi connectivity index (χ3v) is 5.39. The molecule has 1 saturated carbocycles. The van der Waals surface area contributed by atoms with E-state index in [-0.39, 0.29) is 18.0 Å². The van der Waals surface area contributed by atoms with E-state index in [0.717, 1.165) is 44.8 Å². The molecule has 3 nitrogen and oxygen atoms in total. The van der Waals surface area contributed by atoms with Crippen LogP contribution in [0.2, 0.25) is 0 Å². The summed E-state index contributed by atoms with van der Waals surface area (Å²) in [5.41, 5.74) is 0.489. The van der Waals surface area contributed by atoms with Crippen molar-refractivity contribution in [2.75, 3.05) is 13.1 Å². The number of hydrogen-bond acceptors (Lipinski definition) is 2. The number of carbonyl (C=O) groups is 1. The minimum absolute atomic E-state index is 0.185. The fourth-order valence-electron chi connectivity index (χ4n) is 3.72. The van der Waals surface area contributed by atoms with Crippen molar-refractivity contribution in [2.24, 2.45) is 11.8 Å². The molecule has 0 unspecified atom stereocenters. The van der Waals surface area contributed by atoms with Gasteiger partial charge < -0.3 is 10.2 Å². The molecule has 0 bridgehead atoms. The Bertz CT molecular complexity index is 603. The molecule has 0 radical (unpaired) electrons. The second-order valence-corrected chi connectivity index (χ2v) is 7.18. The van der Waals surface area contributed by atoms with Gasteiger partial charge in [0.1, 0.15) is 11.6 Å². The third-order valence-electron chi connectivity index (χ3n) is 5.39. The molecule has 1 aliphatic carbocycles. The summed E-state index contributed by atoms with van der Waals surface area (Å²) < 4.78 is 27.0. The number of likely N-dealkylation sites (tertiary alicyclic amines) is 1. The predicted octanol–water partition coefficient (Wildman–Crippen LogP) is 3.65. The van der Waals surface area contributed by atoms with Crippen molar-refractivity contribution in [1.82, 2.24) is 10.2 Å². The van der Waals surface area contributed by atoms with Crippen molar-refractivity contribution in [3.05, 3.63) is 35.4 Å². The molecule has 1 N–H and O–H groups in total. The Morgan fingerprint density at radius 2 is 2.08 bits per heavy atom. The summed E-state index contributed by atoms with van der Waals surface area (Å²) in [6, 6.07) is 3.80. The molecule has 1 aliphatic heterocycles. The Hall–Kier alpha value is -1.49. The van der Waals surface area contributed by atoms with E-state index in [0.29, 0.717) is 17.4 Å². The first-order valence-electron chi connectivity index (χ1n) is 8.99. The van der Waals surface area contributed by atoms with Gasteiger partial charge in [-0.15, -0.1) is 0 Å². The van der Waals surface area contributed by atoms with Gasteiger partial charge in [0.15, 0.2) is 0 Å². The van der Waals surface area contributed by atoms with E-state index in [9.17, 15) is 13.6 Å². The van der Waals surface area contributed by atoms with Crippen molar-refractivity contribution >= 4 is 5.91 Å². The van der Waals surface area contributed by atoms with Crippen molar-refractivity contribution in [1.29, 1.82) is 0 Å². The number of nitrogens with one attached hydrogen (secondary N) is 1. The molecule has 1 heterocycles.